The first-order valence-electron chi connectivity index (χ1n) is 13.8. The van der Waals surface area contributed by atoms with Gasteiger partial charge in [0.2, 0.25) is 0 Å². The monoisotopic (exact) mass is 532 g/mol. The molecule has 4 aromatic rings. The molecule has 0 heterocycles. The Hall–Kier alpha value is -4.18. The van der Waals surface area contributed by atoms with Crippen LogP contribution in [0, 0.1) is 0 Å². The zero-order valence-electron chi connectivity index (χ0n) is 24.3. The quantitative estimate of drug-likeness (QED) is 0.234. The first kappa shape index (κ1) is 28.8. The largest absolute Gasteiger partial charge is 0.507 e. The van der Waals surface area contributed by atoms with Crippen molar-refractivity contribution in [2.75, 3.05) is 0 Å². The molecule has 0 amide bonds. The van der Waals surface area contributed by atoms with E-state index < -0.39 is 0 Å². The molecule has 0 aliphatic carbocycles. The Morgan fingerprint density at radius 3 is 1.52 bits per heavy atom. The van der Waals surface area contributed by atoms with Crippen molar-refractivity contribution >= 4 is 12.4 Å². The Kier molecular flexibility index (Phi) is 8.58. The zero-order chi connectivity index (χ0) is 28.9. The van der Waals surface area contributed by atoms with Crippen molar-refractivity contribution < 1.29 is 10.2 Å². The third-order valence-corrected chi connectivity index (χ3v) is 7.08. The lowest BCUT2D eigenvalue weighted by Crippen LogP contribution is -2.17. The normalized spacial score (nSPS) is 14.1. The Balaban J connectivity index is 1.87. The molecule has 4 aromatic carbocycles. The molecule has 206 valence electrons. The summed E-state index contributed by atoms with van der Waals surface area (Å²) >= 11 is 0. The molecule has 0 saturated heterocycles. The lowest BCUT2D eigenvalue weighted by molar-refractivity contribution is 0.443. The van der Waals surface area contributed by atoms with Crippen LogP contribution in [0.2, 0.25) is 0 Å². The second-order valence-corrected chi connectivity index (χ2v) is 12.3. The minimum atomic E-state index is -0.374. The molecule has 0 fully saturated rings. The maximum atomic E-state index is 11.4. The highest BCUT2D eigenvalue weighted by Gasteiger charge is 2.26. The summed E-state index contributed by atoms with van der Waals surface area (Å²) in [5, 5.41) is 21.8. The topological polar surface area (TPSA) is 65.2 Å². The van der Waals surface area contributed by atoms with Crippen molar-refractivity contribution in [3.8, 4) is 11.5 Å². The van der Waals surface area contributed by atoms with Crippen molar-refractivity contribution in [2.45, 2.75) is 64.5 Å². The standard InChI is InChI=1S/C36H40N2O2/c1-35(2,3)29-21-28(34(40)30(22-29)36(4,5)6)24-38-33(26-17-11-8-12-18-26)32(25-15-9-7-10-16-25)37-23-27-19-13-14-20-31(27)39/h7-24,32-33,39-40H,1-6H3/t32-,33+/m0/s1. The Labute approximate surface area is 238 Å². The van der Waals surface area contributed by atoms with Gasteiger partial charge < -0.3 is 10.2 Å². The van der Waals surface area contributed by atoms with Crippen molar-refractivity contribution in [3.63, 3.8) is 0 Å². The molecule has 0 aliphatic rings. The van der Waals surface area contributed by atoms with Crippen LogP contribution < -0.4 is 0 Å². The summed E-state index contributed by atoms with van der Waals surface area (Å²) in [6.45, 7) is 12.9. The molecular weight excluding hydrogens is 492 g/mol. The third kappa shape index (κ3) is 6.87. The van der Waals surface area contributed by atoms with Crippen LogP contribution >= 0.6 is 0 Å². The van der Waals surface area contributed by atoms with Gasteiger partial charge in [0, 0.05) is 29.1 Å². The lowest BCUT2D eigenvalue weighted by atomic mass is 9.79. The van der Waals surface area contributed by atoms with Gasteiger partial charge >= 0.3 is 0 Å². The summed E-state index contributed by atoms with van der Waals surface area (Å²) in [5.74, 6) is 0.432. The second-order valence-electron chi connectivity index (χ2n) is 12.3. The number of phenolic OH excluding ortho intramolecular Hbond substituents is 2. The molecule has 40 heavy (non-hydrogen) atoms. The van der Waals surface area contributed by atoms with Crippen LogP contribution in [0.4, 0.5) is 0 Å². The molecule has 4 nitrogen and oxygen atoms in total. The smallest absolute Gasteiger partial charge is 0.128 e. The molecule has 0 aromatic heterocycles. The minimum Gasteiger partial charge on any atom is -0.507 e. The van der Waals surface area contributed by atoms with Crippen molar-refractivity contribution in [1.82, 2.24) is 0 Å². The number of aromatic hydroxyl groups is 2. The second kappa shape index (κ2) is 11.9. The molecule has 4 heteroatoms. The molecule has 0 bridgehead atoms. The fraction of sp³-hybridized carbons (Fsp3) is 0.278. The van der Waals surface area contributed by atoms with Gasteiger partial charge in [0.15, 0.2) is 0 Å². The predicted octanol–water partition coefficient (Wildman–Crippen LogP) is 8.71. The number of phenols is 2. The van der Waals surface area contributed by atoms with E-state index in [1.807, 2.05) is 66.7 Å². The molecule has 0 spiro atoms. The average molecular weight is 533 g/mol. The Morgan fingerprint density at radius 1 is 0.575 bits per heavy atom. The zero-order valence-corrected chi connectivity index (χ0v) is 24.3. The maximum absolute atomic E-state index is 11.4. The van der Waals surface area contributed by atoms with Crippen molar-refractivity contribution in [3.05, 3.63) is 130 Å². The van der Waals surface area contributed by atoms with E-state index in [4.69, 9.17) is 9.98 Å². The van der Waals surface area contributed by atoms with Crippen molar-refractivity contribution in [1.29, 1.82) is 0 Å². The fourth-order valence-corrected chi connectivity index (χ4v) is 4.68. The summed E-state index contributed by atoms with van der Waals surface area (Å²) in [6, 6.07) is 30.8. The van der Waals surface area contributed by atoms with E-state index in [1.165, 1.54) is 0 Å². The summed E-state index contributed by atoms with van der Waals surface area (Å²) in [5.41, 5.74) is 5.05. The fourth-order valence-electron chi connectivity index (χ4n) is 4.68. The van der Waals surface area contributed by atoms with Crippen LogP contribution in [-0.4, -0.2) is 22.6 Å². The van der Waals surface area contributed by atoms with Gasteiger partial charge in [-0.15, -0.1) is 0 Å². The SMILES string of the molecule is CC(C)(C)c1cc(C=N[C@H](c2ccccc2)[C@@H](N=Cc2ccccc2O)c2ccccc2)c(O)c(C(C)(C)C)c1. The van der Waals surface area contributed by atoms with E-state index in [0.29, 0.717) is 11.1 Å². The van der Waals surface area contributed by atoms with Gasteiger partial charge in [-0.3, -0.25) is 9.98 Å². The molecule has 0 aliphatic heterocycles. The highest BCUT2D eigenvalue weighted by atomic mass is 16.3. The van der Waals surface area contributed by atoms with Crippen LogP contribution in [0.3, 0.4) is 0 Å². The molecule has 0 saturated carbocycles. The van der Waals surface area contributed by atoms with E-state index in [9.17, 15) is 10.2 Å². The summed E-state index contributed by atoms with van der Waals surface area (Å²) in [6.07, 6.45) is 3.51. The molecule has 2 N–H and O–H groups in total. The predicted molar refractivity (Wildman–Crippen MR) is 167 cm³/mol. The number of hydrogen-bond acceptors (Lipinski definition) is 4. The summed E-state index contributed by atoms with van der Waals surface area (Å²) in [4.78, 5) is 10.1. The maximum Gasteiger partial charge on any atom is 0.128 e. The van der Waals surface area contributed by atoms with Crippen LogP contribution in [-0.2, 0) is 10.8 Å². The van der Waals surface area contributed by atoms with E-state index in [-0.39, 0.29) is 34.4 Å². The van der Waals surface area contributed by atoms with Gasteiger partial charge in [0.1, 0.15) is 23.6 Å². The number of nitrogens with zero attached hydrogens (tertiary/aromatic N) is 2. The first-order valence-corrected chi connectivity index (χ1v) is 13.8. The van der Waals surface area contributed by atoms with Crippen LogP contribution in [0.25, 0.3) is 0 Å². The number of benzene rings is 4. The summed E-state index contributed by atoms with van der Waals surface area (Å²) < 4.78 is 0. The number of para-hydroxylation sites is 1. The van der Waals surface area contributed by atoms with Gasteiger partial charge in [-0.2, -0.15) is 0 Å². The number of aliphatic imine (C=N–C) groups is 2. The van der Waals surface area contributed by atoms with Crippen LogP contribution in [0.5, 0.6) is 11.5 Å². The number of rotatable bonds is 7. The van der Waals surface area contributed by atoms with Crippen LogP contribution in [0.15, 0.2) is 107 Å². The highest BCUT2D eigenvalue weighted by molar-refractivity contribution is 5.85. The van der Waals surface area contributed by atoms with Gasteiger partial charge in [-0.05, 0) is 45.7 Å². The Morgan fingerprint density at radius 2 is 1.05 bits per heavy atom. The molecule has 0 unspecified atom stereocenters. The molecule has 4 rings (SSSR count). The molecule has 0 radical (unpaired) electrons. The Bertz CT molecular complexity index is 1480. The van der Waals surface area contributed by atoms with Crippen LogP contribution in [0.1, 0.15) is 87.0 Å². The highest BCUT2D eigenvalue weighted by Crippen LogP contribution is 2.39. The van der Waals surface area contributed by atoms with E-state index in [2.05, 4.69) is 59.7 Å². The summed E-state index contributed by atoms with van der Waals surface area (Å²) in [7, 11) is 0. The van der Waals surface area contributed by atoms with Gasteiger partial charge in [-0.1, -0.05) is 120 Å². The third-order valence-electron chi connectivity index (χ3n) is 7.08. The van der Waals surface area contributed by atoms with Gasteiger partial charge in [-0.25, -0.2) is 0 Å². The van der Waals surface area contributed by atoms with E-state index in [1.54, 1.807) is 24.6 Å². The minimum absolute atomic E-state index is 0.0936. The average Bonchev–Trinajstić information content (AvgIpc) is 2.91. The van der Waals surface area contributed by atoms with E-state index >= 15 is 0 Å². The van der Waals surface area contributed by atoms with Crippen molar-refractivity contribution in [2.24, 2.45) is 9.98 Å². The molecular formula is C36H40N2O2. The first-order chi connectivity index (χ1) is 18.9. The van der Waals surface area contributed by atoms with E-state index in [0.717, 1.165) is 22.3 Å². The molecule has 2 atom stereocenters. The van der Waals surface area contributed by atoms with Gasteiger partial charge in [0.25, 0.3) is 0 Å². The number of hydrogen-bond donors (Lipinski definition) is 2. The lowest BCUT2D eigenvalue weighted by Gasteiger charge is -2.27. The van der Waals surface area contributed by atoms with Gasteiger partial charge in [0.05, 0.1) is 0 Å².